The molecule has 0 aliphatic carbocycles. The molecule has 0 spiro atoms. The van der Waals surface area contributed by atoms with Crippen LogP contribution in [0.2, 0.25) is 0 Å². The minimum absolute atomic E-state index is 0.195. The number of rotatable bonds is 2. The van der Waals surface area contributed by atoms with Crippen molar-refractivity contribution in [3.8, 4) is 0 Å². The average molecular weight is 206 g/mol. The summed E-state index contributed by atoms with van der Waals surface area (Å²) >= 11 is 0. The molecule has 0 saturated carbocycles. The summed E-state index contributed by atoms with van der Waals surface area (Å²) in [6.07, 6.45) is 1.65. The van der Waals surface area contributed by atoms with Gasteiger partial charge >= 0.3 is 0 Å². The highest BCUT2D eigenvalue weighted by molar-refractivity contribution is 7.88. The molecule has 1 amide bonds. The zero-order valence-electron chi connectivity index (χ0n) is 7.78. The van der Waals surface area contributed by atoms with E-state index in [1.54, 1.807) is 6.92 Å². The second kappa shape index (κ2) is 3.63. The standard InChI is InChI=1S/C7H14N2O3S/c1-3-6-7(10)8-4-5-9(6)13(2,11)12/h6H,3-5H2,1-2H3,(H,8,10). The fourth-order valence-electron chi connectivity index (χ4n) is 1.48. The first-order valence-electron chi connectivity index (χ1n) is 4.21. The Morgan fingerprint density at radius 3 is 2.62 bits per heavy atom. The topological polar surface area (TPSA) is 66.5 Å². The van der Waals surface area contributed by atoms with Crippen molar-refractivity contribution in [2.24, 2.45) is 0 Å². The summed E-state index contributed by atoms with van der Waals surface area (Å²) in [6, 6.07) is -0.524. The molecule has 1 fully saturated rings. The molecule has 0 radical (unpaired) electrons. The van der Waals surface area contributed by atoms with E-state index in [1.807, 2.05) is 0 Å². The van der Waals surface area contributed by atoms with Crippen LogP contribution in [0, 0.1) is 0 Å². The lowest BCUT2D eigenvalue weighted by Gasteiger charge is -2.32. The van der Waals surface area contributed by atoms with Crippen LogP contribution in [-0.2, 0) is 14.8 Å². The second-order valence-electron chi connectivity index (χ2n) is 3.09. The smallest absolute Gasteiger partial charge is 0.238 e. The van der Waals surface area contributed by atoms with E-state index in [-0.39, 0.29) is 5.91 Å². The lowest BCUT2D eigenvalue weighted by atomic mass is 10.2. The van der Waals surface area contributed by atoms with E-state index in [1.165, 1.54) is 4.31 Å². The molecule has 1 rings (SSSR count). The van der Waals surface area contributed by atoms with E-state index in [4.69, 9.17) is 0 Å². The molecule has 0 bridgehead atoms. The van der Waals surface area contributed by atoms with E-state index >= 15 is 0 Å². The highest BCUT2D eigenvalue weighted by Crippen LogP contribution is 2.11. The zero-order chi connectivity index (χ0) is 10.1. The van der Waals surface area contributed by atoms with Crippen molar-refractivity contribution in [2.45, 2.75) is 19.4 Å². The molecule has 13 heavy (non-hydrogen) atoms. The van der Waals surface area contributed by atoms with Crippen LogP contribution in [-0.4, -0.2) is 44.0 Å². The van der Waals surface area contributed by atoms with Gasteiger partial charge < -0.3 is 5.32 Å². The van der Waals surface area contributed by atoms with E-state index in [9.17, 15) is 13.2 Å². The number of carbonyl (C=O) groups is 1. The molecule has 1 N–H and O–H groups in total. The van der Waals surface area contributed by atoms with Gasteiger partial charge in [-0.15, -0.1) is 0 Å². The minimum Gasteiger partial charge on any atom is -0.353 e. The molecule has 1 heterocycles. The van der Waals surface area contributed by atoms with Crippen LogP contribution in [0.1, 0.15) is 13.3 Å². The molecule has 1 unspecified atom stereocenters. The normalized spacial score (nSPS) is 25.7. The first-order valence-corrected chi connectivity index (χ1v) is 6.06. The van der Waals surface area contributed by atoms with Gasteiger partial charge in [0.15, 0.2) is 0 Å². The number of hydrogen-bond donors (Lipinski definition) is 1. The average Bonchev–Trinajstić information content (AvgIpc) is 2.02. The van der Waals surface area contributed by atoms with Gasteiger partial charge in [-0.2, -0.15) is 4.31 Å². The number of carbonyl (C=O) groups excluding carboxylic acids is 1. The number of sulfonamides is 1. The molecule has 76 valence electrons. The van der Waals surface area contributed by atoms with E-state index in [2.05, 4.69) is 5.32 Å². The summed E-state index contributed by atoms with van der Waals surface area (Å²) in [5.74, 6) is -0.195. The Labute approximate surface area is 78.2 Å². The maximum Gasteiger partial charge on any atom is 0.238 e. The van der Waals surface area contributed by atoms with Crippen LogP contribution in [0.5, 0.6) is 0 Å². The molecule has 1 atom stereocenters. The van der Waals surface area contributed by atoms with Gasteiger partial charge in [-0.05, 0) is 6.42 Å². The van der Waals surface area contributed by atoms with Gasteiger partial charge in [0.2, 0.25) is 15.9 Å². The predicted octanol–water partition coefficient (Wildman–Crippen LogP) is -0.844. The molecular weight excluding hydrogens is 192 g/mol. The van der Waals surface area contributed by atoms with Crippen molar-refractivity contribution in [1.29, 1.82) is 0 Å². The molecule has 5 nitrogen and oxygen atoms in total. The minimum atomic E-state index is -3.25. The summed E-state index contributed by atoms with van der Waals surface area (Å²) in [4.78, 5) is 11.3. The molecule has 1 aliphatic rings. The van der Waals surface area contributed by atoms with Gasteiger partial charge in [0.1, 0.15) is 6.04 Å². The number of hydrogen-bond acceptors (Lipinski definition) is 3. The van der Waals surface area contributed by atoms with Crippen LogP contribution in [0.15, 0.2) is 0 Å². The van der Waals surface area contributed by atoms with Gasteiger partial charge in [-0.1, -0.05) is 6.92 Å². The van der Waals surface area contributed by atoms with Crippen LogP contribution in [0.3, 0.4) is 0 Å². The molecular formula is C7H14N2O3S. The van der Waals surface area contributed by atoms with Crippen molar-refractivity contribution in [1.82, 2.24) is 9.62 Å². The summed E-state index contributed by atoms with van der Waals surface area (Å²) in [5.41, 5.74) is 0. The maximum atomic E-state index is 11.3. The Hall–Kier alpha value is -0.620. The Bertz CT molecular complexity index is 299. The second-order valence-corrected chi connectivity index (χ2v) is 5.02. The third-order valence-electron chi connectivity index (χ3n) is 2.09. The third-order valence-corrected chi connectivity index (χ3v) is 3.38. The Kier molecular flexibility index (Phi) is 2.92. The van der Waals surface area contributed by atoms with E-state index in [0.29, 0.717) is 19.5 Å². The summed E-state index contributed by atoms with van der Waals surface area (Å²) < 4.78 is 23.7. The third kappa shape index (κ3) is 2.19. The lowest BCUT2D eigenvalue weighted by molar-refractivity contribution is -0.126. The lowest BCUT2D eigenvalue weighted by Crippen LogP contribution is -2.56. The predicted molar refractivity (Wildman–Crippen MR) is 48.6 cm³/mol. The van der Waals surface area contributed by atoms with Crippen LogP contribution in [0.25, 0.3) is 0 Å². The van der Waals surface area contributed by atoms with Crippen molar-refractivity contribution >= 4 is 15.9 Å². The van der Waals surface area contributed by atoms with E-state index < -0.39 is 16.1 Å². The highest BCUT2D eigenvalue weighted by atomic mass is 32.2. The van der Waals surface area contributed by atoms with Crippen molar-refractivity contribution in [3.63, 3.8) is 0 Å². The fourth-order valence-corrected chi connectivity index (χ4v) is 2.61. The monoisotopic (exact) mass is 206 g/mol. The zero-order valence-corrected chi connectivity index (χ0v) is 8.60. The first-order chi connectivity index (χ1) is 5.96. The maximum absolute atomic E-state index is 11.3. The summed E-state index contributed by atoms with van der Waals surface area (Å²) in [5, 5.41) is 2.64. The van der Waals surface area contributed by atoms with Crippen molar-refractivity contribution in [2.75, 3.05) is 19.3 Å². The molecule has 1 saturated heterocycles. The number of amides is 1. The first kappa shape index (κ1) is 10.5. The van der Waals surface area contributed by atoms with Gasteiger partial charge in [0.25, 0.3) is 0 Å². The summed E-state index contributed by atoms with van der Waals surface area (Å²) in [6.45, 7) is 2.58. The van der Waals surface area contributed by atoms with Gasteiger partial charge in [0.05, 0.1) is 6.26 Å². The van der Waals surface area contributed by atoms with Crippen LogP contribution in [0.4, 0.5) is 0 Å². The number of nitrogens with zero attached hydrogens (tertiary/aromatic N) is 1. The Morgan fingerprint density at radius 2 is 2.23 bits per heavy atom. The van der Waals surface area contributed by atoms with Gasteiger partial charge in [0, 0.05) is 13.1 Å². The molecule has 0 aromatic heterocycles. The molecule has 1 aliphatic heterocycles. The number of nitrogens with one attached hydrogen (secondary N) is 1. The van der Waals surface area contributed by atoms with E-state index in [0.717, 1.165) is 6.26 Å². The summed E-state index contributed by atoms with van der Waals surface area (Å²) in [7, 11) is -3.25. The van der Waals surface area contributed by atoms with Crippen molar-refractivity contribution in [3.05, 3.63) is 0 Å². The molecule has 6 heteroatoms. The largest absolute Gasteiger partial charge is 0.353 e. The van der Waals surface area contributed by atoms with Crippen molar-refractivity contribution < 1.29 is 13.2 Å². The van der Waals surface area contributed by atoms with Crippen LogP contribution >= 0.6 is 0 Å². The Morgan fingerprint density at radius 1 is 1.62 bits per heavy atom. The highest BCUT2D eigenvalue weighted by Gasteiger charge is 2.33. The molecule has 0 aromatic carbocycles. The quantitative estimate of drug-likeness (QED) is 0.640. The molecule has 0 aromatic rings. The Balaban J connectivity index is 2.89. The van der Waals surface area contributed by atoms with Gasteiger partial charge in [-0.3, -0.25) is 4.79 Å². The number of piperazine rings is 1. The van der Waals surface area contributed by atoms with Crippen LogP contribution < -0.4 is 5.32 Å². The van der Waals surface area contributed by atoms with Gasteiger partial charge in [-0.25, -0.2) is 8.42 Å². The SMILES string of the molecule is CCC1C(=O)NCCN1S(C)(=O)=O. The fraction of sp³-hybridized carbons (Fsp3) is 0.857.